The molecule has 1 saturated heterocycles. The van der Waals surface area contributed by atoms with Gasteiger partial charge in [-0.25, -0.2) is 4.98 Å². The van der Waals surface area contributed by atoms with E-state index in [0.717, 1.165) is 22.1 Å². The van der Waals surface area contributed by atoms with Crippen LogP contribution in [0.1, 0.15) is 33.3 Å². The average Bonchev–Trinajstić information content (AvgIpc) is 2.96. The zero-order valence-electron chi connectivity index (χ0n) is 13.8. The lowest BCUT2D eigenvalue weighted by Gasteiger charge is -2.32. The van der Waals surface area contributed by atoms with Gasteiger partial charge in [0.1, 0.15) is 5.65 Å². The first kappa shape index (κ1) is 16.5. The molecule has 1 aliphatic heterocycles. The van der Waals surface area contributed by atoms with E-state index in [2.05, 4.69) is 9.97 Å². The van der Waals surface area contributed by atoms with Gasteiger partial charge in [-0.15, -0.1) is 0 Å². The second kappa shape index (κ2) is 5.63. The molecular weight excluding hydrogens is 312 g/mol. The van der Waals surface area contributed by atoms with Crippen LogP contribution in [0.2, 0.25) is 5.02 Å². The van der Waals surface area contributed by atoms with E-state index in [1.807, 2.05) is 40.0 Å². The topological polar surface area (TPSA) is 73.2 Å². The number of aromatic amines is 1. The van der Waals surface area contributed by atoms with E-state index in [0.29, 0.717) is 11.6 Å². The Kier molecular flexibility index (Phi) is 4.05. The fourth-order valence-electron chi connectivity index (χ4n) is 2.57. The van der Waals surface area contributed by atoms with Gasteiger partial charge in [-0.3, -0.25) is 0 Å². The first-order valence-electron chi connectivity index (χ1n) is 7.63. The molecule has 0 saturated carbocycles. The van der Waals surface area contributed by atoms with Crippen LogP contribution >= 0.6 is 11.6 Å². The van der Waals surface area contributed by atoms with Crippen molar-refractivity contribution in [2.24, 2.45) is 5.73 Å². The van der Waals surface area contributed by atoms with Crippen LogP contribution in [0.15, 0.2) is 23.9 Å². The van der Waals surface area contributed by atoms with Crippen LogP contribution in [-0.4, -0.2) is 34.8 Å². The maximum atomic E-state index is 6.30. The molecule has 0 aliphatic carbocycles. The summed E-state index contributed by atoms with van der Waals surface area (Å²) in [7, 11) is -0.467. The summed E-state index contributed by atoms with van der Waals surface area (Å²) in [6.45, 7) is 8.42. The van der Waals surface area contributed by atoms with E-state index in [1.165, 1.54) is 0 Å². The monoisotopic (exact) mass is 333 g/mol. The zero-order valence-corrected chi connectivity index (χ0v) is 14.6. The molecule has 0 aromatic carbocycles. The minimum Gasteiger partial charge on any atom is -0.400 e. The van der Waals surface area contributed by atoms with Crippen LogP contribution in [0.5, 0.6) is 0 Å². The Hall–Kier alpha value is -1.34. The lowest BCUT2D eigenvalue weighted by Crippen LogP contribution is -2.41. The van der Waals surface area contributed by atoms with Gasteiger partial charge in [-0.2, -0.15) is 0 Å². The molecule has 2 aromatic heterocycles. The summed E-state index contributed by atoms with van der Waals surface area (Å²) in [6, 6.07) is 1.77. The SMILES string of the molecule is CC1(C)OB(C(=Cc2c[nH]c3nccc(Cl)c23)CN)OC1(C)C. The fraction of sp³-hybridized carbons (Fsp3) is 0.438. The molecule has 1 fully saturated rings. The predicted octanol–water partition coefficient (Wildman–Crippen LogP) is 3.19. The highest BCUT2D eigenvalue weighted by Crippen LogP contribution is 2.39. The van der Waals surface area contributed by atoms with Crippen LogP contribution in [0.25, 0.3) is 17.1 Å². The molecular formula is C16H21BClN3O2. The van der Waals surface area contributed by atoms with E-state index >= 15 is 0 Å². The number of nitrogens with one attached hydrogen (secondary N) is 1. The van der Waals surface area contributed by atoms with Crippen molar-refractivity contribution in [2.75, 3.05) is 6.54 Å². The molecule has 3 heterocycles. The Morgan fingerprint density at radius 1 is 1.35 bits per heavy atom. The highest BCUT2D eigenvalue weighted by atomic mass is 35.5. The molecule has 0 unspecified atom stereocenters. The third-order valence-electron chi connectivity index (χ3n) is 4.69. The van der Waals surface area contributed by atoms with Crippen LogP contribution in [-0.2, 0) is 9.31 Å². The molecule has 3 rings (SSSR count). The minimum absolute atomic E-state index is 0.335. The Balaban J connectivity index is 2.00. The van der Waals surface area contributed by atoms with Crippen molar-refractivity contribution in [2.45, 2.75) is 38.9 Å². The largest absolute Gasteiger partial charge is 0.491 e. The second-order valence-corrected chi connectivity index (χ2v) is 7.18. The van der Waals surface area contributed by atoms with E-state index in [-0.39, 0.29) is 0 Å². The smallest absolute Gasteiger partial charge is 0.400 e. The first-order chi connectivity index (χ1) is 10.7. The van der Waals surface area contributed by atoms with Gasteiger partial charge in [0, 0.05) is 29.9 Å². The molecule has 1 aliphatic rings. The molecule has 122 valence electrons. The lowest BCUT2D eigenvalue weighted by molar-refractivity contribution is 0.00578. The molecule has 23 heavy (non-hydrogen) atoms. The van der Waals surface area contributed by atoms with Crippen LogP contribution in [0.3, 0.4) is 0 Å². The van der Waals surface area contributed by atoms with Crippen molar-refractivity contribution in [1.82, 2.24) is 9.97 Å². The summed E-state index contributed by atoms with van der Waals surface area (Å²) in [5, 5.41) is 1.52. The Morgan fingerprint density at radius 2 is 2.00 bits per heavy atom. The molecule has 0 amide bonds. The highest BCUT2D eigenvalue weighted by molar-refractivity contribution is 6.56. The number of hydrogen-bond donors (Lipinski definition) is 2. The number of rotatable bonds is 3. The summed E-state index contributed by atoms with van der Waals surface area (Å²) in [5.74, 6) is 0. The van der Waals surface area contributed by atoms with Crippen molar-refractivity contribution < 1.29 is 9.31 Å². The second-order valence-electron chi connectivity index (χ2n) is 6.77. The summed E-state index contributed by atoms with van der Waals surface area (Å²) < 4.78 is 12.2. The summed E-state index contributed by atoms with van der Waals surface area (Å²) in [4.78, 5) is 7.40. The number of nitrogens with zero attached hydrogens (tertiary/aromatic N) is 1. The van der Waals surface area contributed by atoms with Gasteiger partial charge < -0.3 is 20.0 Å². The Bertz CT molecular complexity index is 754. The quantitative estimate of drug-likeness (QED) is 0.846. The molecule has 7 heteroatoms. The van der Waals surface area contributed by atoms with E-state index in [4.69, 9.17) is 26.6 Å². The van der Waals surface area contributed by atoms with Gasteiger partial charge in [0.15, 0.2) is 0 Å². The van der Waals surface area contributed by atoms with Crippen molar-refractivity contribution >= 4 is 35.8 Å². The number of nitrogens with two attached hydrogens (primary N) is 1. The van der Waals surface area contributed by atoms with Crippen molar-refractivity contribution in [1.29, 1.82) is 0 Å². The van der Waals surface area contributed by atoms with Crippen molar-refractivity contribution in [3.63, 3.8) is 0 Å². The Labute approximate surface area is 141 Å². The third kappa shape index (κ3) is 2.80. The highest BCUT2D eigenvalue weighted by Gasteiger charge is 2.52. The predicted molar refractivity (Wildman–Crippen MR) is 94.2 cm³/mol. The standard InChI is InChI=1S/C16H21BClN3O2/c1-15(2)16(3,4)23-17(22-15)11(8-19)7-10-9-21-14-13(10)12(18)5-6-20-14/h5-7,9H,8,19H2,1-4H3,(H,20,21). The summed E-state index contributed by atoms with van der Waals surface area (Å²) in [6.07, 6.45) is 5.51. The van der Waals surface area contributed by atoms with Gasteiger partial charge in [0.2, 0.25) is 0 Å². The van der Waals surface area contributed by atoms with Gasteiger partial charge in [-0.1, -0.05) is 17.7 Å². The van der Waals surface area contributed by atoms with Gasteiger partial charge in [0.25, 0.3) is 0 Å². The maximum Gasteiger partial charge on any atom is 0.491 e. The number of halogens is 1. The van der Waals surface area contributed by atoms with E-state index in [1.54, 1.807) is 12.3 Å². The molecule has 0 atom stereocenters. The van der Waals surface area contributed by atoms with Gasteiger partial charge in [-0.05, 0) is 39.2 Å². The van der Waals surface area contributed by atoms with Crippen LogP contribution < -0.4 is 5.73 Å². The first-order valence-corrected chi connectivity index (χ1v) is 8.01. The Morgan fingerprint density at radius 3 is 2.61 bits per heavy atom. The molecule has 5 nitrogen and oxygen atoms in total. The number of hydrogen-bond acceptors (Lipinski definition) is 4. The minimum atomic E-state index is -0.467. The van der Waals surface area contributed by atoms with E-state index in [9.17, 15) is 0 Å². The summed E-state index contributed by atoms with van der Waals surface area (Å²) >= 11 is 6.30. The molecule has 0 spiro atoms. The normalized spacial score (nSPS) is 20.4. The van der Waals surface area contributed by atoms with E-state index < -0.39 is 18.3 Å². The van der Waals surface area contributed by atoms with Gasteiger partial charge >= 0.3 is 7.12 Å². The average molecular weight is 334 g/mol. The van der Waals surface area contributed by atoms with Crippen molar-refractivity contribution in [3.8, 4) is 0 Å². The van der Waals surface area contributed by atoms with Crippen molar-refractivity contribution in [3.05, 3.63) is 34.5 Å². The molecule has 3 N–H and O–H groups in total. The maximum absolute atomic E-state index is 6.30. The molecule has 0 bridgehead atoms. The van der Waals surface area contributed by atoms with Crippen LogP contribution in [0, 0.1) is 0 Å². The third-order valence-corrected chi connectivity index (χ3v) is 5.00. The zero-order chi connectivity index (χ0) is 16.8. The lowest BCUT2D eigenvalue weighted by atomic mass is 9.77. The number of pyridine rings is 1. The van der Waals surface area contributed by atoms with Gasteiger partial charge in [0.05, 0.1) is 16.2 Å². The number of aromatic nitrogens is 2. The number of fused-ring (bicyclic) bond motifs is 1. The van der Waals surface area contributed by atoms with Crippen LogP contribution in [0.4, 0.5) is 0 Å². The molecule has 0 radical (unpaired) electrons. The fourth-order valence-corrected chi connectivity index (χ4v) is 2.83. The summed E-state index contributed by atoms with van der Waals surface area (Å²) in [5.41, 5.74) is 7.68. The number of H-pyrrole nitrogens is 1. The molecule has 2 aromatic rings.